The number of likely N-dealkylation sites (N-methyl/N-ethyl adjacent to an activating group) is 1. The first-order chi connectivity index (χ1) is 15.7. The first kappa shape index (κ1) is 23.8. The molecule has 0 aromatic heterocycles. The standard InChI is InChI=1S/C22H28N4O5S2/c1-23-10-14-25(15-11-23)33(30,31)21-9-5-6-19(18-21)22(27)24-12-16-26(17-13-24)32(28,29)20-7-3-2-4-8-20/h2-9,18H,10-17H2,1H3. The van der Waals surface area contributed by atoms with Gasteiger partial charge in [-0.15, -0.1) is 0 Å². The third kappa shape index (κ3) is 4.97. The summed E-state index contributed by atoms with van der Waals surface area (Å²) in [6, 6.07) is 14.3. The van der Waals surface area contributed by atoms with Crippen LogP contribution in [0.4, 0.5) is 0 Å². The molecule has 2 aliphatic rings. The van der Waals surface area contributed by atoms with Crippen LogP contribution in [0.25, 0.3) is 0 Å². The number of amides is 1. The molecule has 0 saturated carbocycles. The van der Waals surface area contributed by atoms with Crippen LogP contribution in [0.5, 0.6) is 0 Å². The van der Waals surface area contributed by atoms with E-state index in [1.165, 1.54) is 20.7 Å². The van der Waals surface area contributed by atoms with E-state index in [0.29, 0.717) is 26.2 Å². The van der Waals surface area contributed by atoms with Gasteiger partial charge in [-0.2, -0.15) is 8.61 Å². The molecule has 2 aromatic rings. The second-order valence-electron chi connectivity index (χ2n) is 8.24. The van der Waals surface area contributed by atoms with E-state index < -0.39 is 20.0 Å². The van der Waals surface area contributed by atoms with Crippen LogP contribution in [0.2, 0.25) is 0 Å². The molecular formula is C22H28N4O5S2. The van der Waals surface area contributed by atoms with Gasteiger partial charge in [-0.3, -0.25) is 4.79 Å². The first-order valence-corrected chi connectivity index (χ1v) is 13.7. The fourth-order valence-electron chi connectivity index (χ4n) is 4.02. The molecular weight excluding hydrogens is 464 g/mol. The molecule has 0 spiro atoms. The van der Waals surface area contributed by atoms with E-state index in [-0.39, 0.29) is 47.4 Å². The maximum Gasteiger partial charge on any atom is 0.253 e. The second-order valence-corrected chi connectivity index (χ2v) is 12.1. The Kier molecular flexibility index (Phi) is 6.87. The lowest BCUT2D eigenvalue weighted by molar-refractivity contribution is 0.0697. The van der Waals surface area contributed by atoms with E-state index in [4.69, 9.17) is 0 Å². The summed E-state index contributed by atoms with van der Waals surface area (Å²) >= 11 is 0. The first-order valence-electron chi connectivity index (χ1n) is 10.8. The Balaban J connectivity index is 1.44. The number of rotatable bonds is 5. The van der Waals surface area contributed by atoms with E-state index in [1.807, 2.05) is 7.05 Å². The normalized spacial score (nSPS) is 19.5. The van der Waals surface area contributed by atoms with Crippen molar-refractivity contribution in [2.24, 2.45) is 0 Å². The Morgan fingerprint density at radius 1 is 0.667 bits per heavy atom. The van der Waals surface area contributed by atoms with E-state index in [9.17, 15) is 21.6 Å². The summed E-state index contributed by atoms with van der Waals surface area (Å²) in [7, 11) is -5.34. The molecule has 0 N–H and O–H groups in total. The molecule has 4 rings (SSSR count). The van der Waals surface area contributed by atoms with Crippen molar-refractivity contribution in [2.75, 3.05) is 59.4 Å². The molecule has 0 radical (unpaired) electrons. The summed E-state index contributed by atoms with van der Waals surface area (Å²) in [6.45, 7) is 2.98. The Morgan fingerprint density at radius 2 is 1.18 bits per heavy atom. The molecule has 2 heterocycles. The fourth-order valence-corrected chi connectivity index (χ4v) is 6.93. The fraction of sp³-hybridized carbons (Fsp3) is 0.409. The van der Waals surface area contributed by atoms with Gasteiger partial charge in [-0.25, -0.2) is 16.8 Å². The minimum atomic E-state index is -3.68. The average molecular weight is 493 g/mol. The summed E-state index contributed by atoms with van der Waals surface area (Å²) in [5.74, 6) is -0.304. The van der Waals surface area contributed by atoms with Crippen molar-refractivity contribution in [3.05, 3.63) is 60.2 Å². The quantitative estimate of drug-likeness (QED) is 0.612. The van der Waals surface area contributed by atoms with Crippen LogP contribution < -0.4 is 0 Å². The van der Waals surface area contributed by atoms with Gasteiger partial charge in [0.25, 0.3) is 5.91 Å². The number of hydrogen-bond donors (Lipinski definition) is 0. The van der Waals surface area contributed by atoms with Gasteiger partial charge >= 0.3 is 0 Å². The Bertz CT molecular complexity index is 1200. The molecule has 2 fully saturated rings. The molecule has 2 aliphatic heterocycles. The van der Waals surface area contributed by atoms with Crippen molar-refractivity contribution in [1.29, 1.82) is 0 Å². The Morgan fingerprint density at radius 3 is 1.79 bits per heavy atom. The van der Waals surface area contributed by atoms with E-state index in [1.54, 1.807) is 47.4 Å². The average Bonchev–Trinajstić information content (AvgIpc) is 2.84. The van der Waals surface area contributed by atoms with Crippen molar-refractivity contribution in [2.45, 2.75) is 9.79 Å². The smallest absolute Gasteiger partial charge is 0.253 e. The van der Waals surface area contributed by atoms with Crippen molar-refractivity contribution < 1.29 is 21.6 Å². The number of nitrogens with zero attached hydrogens (tertiary/aromatic N) is 4. The summed E-state index contributed by atoms with van der Waals surface area (Å²) < 4.78 is 54.5. The molecule has 0 atom stereocenters. The monoisotopic (exact) mass is 492 g/mol. The Labute approximate surface area is 195 Å². The van der Waals surface area contributed by atoms with Gasteiger partial charge in [0.2, 0.25) is 20.0 Å². The molecule has 0 aliphatic carbocycles. The Hall–Kier alpha value is -2.31. The van der Waals surface area contributed by atoms with Gasteiger partial charge < -0.3 is 9.80 Å². The third-order valence-corrected chi connectivity index (χ3v) is 9.90. The lowest BCUT2D eigenvalue weighted by Crippen LogP contribution is -2.50. The van der Waals surface area contributed by atoms with Gasteiger partial charge in [0, 0.05) is 57.9 Å². The van der Waals surface area contributed by atoms with Gasteiger partial charge in [-0.05, 0) is 37.4 Å². The highest BCUT2D eigenvalue weighted by molar-refractivity contribution is 7.89. The zero-order valence-electron chi connectivity index (χ0n) is 18.5. The number of hydrogen-bond acceptors (Lipinski definition) is 6. The van der Waals surface area contributed by atoms with Crippen LogP contribution in [0.1, 0.15) is 10.4 Å². The van der Waals surface area contributed by atoms with Crippen LogP contribution in [0, 0.1) is 0 Å². The predicted molar refractivity (Wildman–Crippen MR) is 124 cm³/mol. The third-order valence-electron chi connectivity index (χ3n) is 6.09. The second kappa shape index (κ2) is 9.51. The molecule has 0 unspecified atom stereocenters. The molecule has 9 nitrogen and oxygen atoms in total. The minimum Gasteiger partial charge on any atom is -0.336 e. The number of piperazine rings is 2. The van der Waals surface area contributed by atoms with Crippen molar-refractivity contribution in [3.63, 3.8) is 0 Å². The minimum absolute atomic E-state index is 0.100. The highest BCUT2D eigenvalue weighted by Gasteiger charge is 2.32. The lowest BCUT2D eigenvalue weighted by Gasteiger charge is -2.34. The highest BCUT2D eigenvalue weighted by Crippen LogP contribution is 2.21. The van der Waals surface area contributed by atoms with Gasteiger partial charge in [0.05, 0.1) is 9.79 Å². The van der Waals surface area contributed by atoms with Crippen molar-refractivity contribution >= 4 is 26.0 Å². The number of benzene rings is 2. The van der Waals surface area contributed by atoms with Crippen LogP contribution in [-0.2, 0) is 20.0 Å². The molecule has 0 bridgehead atoms. The lowest BCUT2D eigenvalue weighted by atomic mass is 10.2. The molecule has 11 heteroatoms. The topological polar surface area (TPSA) is 98.3 Å². The number of carbonyl (C=O) groups excluding carboxylic acids is 1. The molecule has 1 amide bonds. The van der Waals surface area contributed by atoms with Gasteiger partial charge in [0.15, 0.2) is 0 Å². The largest absolute Gasteiger partial charge is 0.336 e. The van der Waals surface area contributed by atoms with E-state index >= 15 is 0 Å². The molecule has 2 aromatic carbocycles. The van der Waals surface area contributed by atoms with Crippen molar-refractivity contribution in [3.8, 4) is 0 Å². The highest BCUT2D eigenvalue weighted by atomic mass is 32.2. The summed E-state index contributed by atoms with van der Waals surface area (Å²) in [5, 5.41) is 0. The maximum absolute atomic E-state index is 13.1. The zero-order valence-corrected chi connectivity index (χ0v) is 20.1. The van der Waals surface area contributed by atoms with Crippen LogP contribution in [0.15, 0.2) is 64.4 Å². The maximum atomic E-state index is 13.1. The molecule has 2 saturated heterocycles. The number of carbonyl (C=O) groups is 1. The van der Waals surface area contributed by atoms with Gasteiger partial charge in [-0.1, -0.05) is 24.3 Å². The molecule has 178 valence electrons. The zero-order chi connectivity index (χ0) is 23.6. The number of sulfonamides is 2. The van der Waals surface area contributed by atoms with Crippen LogP contribution >= 0.6 is 0 Å². The van der Waals surface area contributed by atoms with Crippen LogP contribution in [0.3, 0.4) is 0 Å². The summed E-state index contributed by atoms with van der Waals surface area (Å²) in [4.78, 5) is 17.0. The van der Waals surface area contributed by atoms with Crippen molar-refractivity contribution in [1.82, 2.24) is 18.4 Å². The predicted octanol–water partition coefficient (Wildman–Crippen LogP) is 0.769. The molecule has 33 heavy (non-hydrogen) atoms. The van der Waals surface area contributed by atoms with Gasteiger partial charge in [0.1, 0.15) is 0 Å². The van der Waals surface area contributed by atoms with E-state index in [0.717, 1.165) is 0 Å². The van der Waals surface area contributed by atoms with Crippen LogP contribution in [-0.4, -0.2) is 101 Å². The summed E-state index contributed by atoms with van der Waals surface area (Å²) in [6.07, 6.45) is 0. The van der Waals surface area contributed by atoms with E-state index in [2.05, 4.69) is 4.90 Å². The SMILES string of the molecule is CN1CCN(S(=O)(=O)c2cccc(C(=O)N3CCN(S(=O)(=O)c4ccccc4)CC3)c2)CC1. The summed E-state index contributed by atoms with van der Waals surface area (Å²) in [5.41, 5.74) is 0.282.